The number of nitrogens with one attached hydrogen (secondary N) is 1. The Hall–Kier alpha value is -0.590. The number of carboxylic acid groups (broad SMARTS) is 1. The van der Waals surface area contributed by atoms with Crippen molar-refractivity contribution in [3.8, 4) is 0 Å². The first kappa shape index (κ1) is 18.4. The molecule has 0 aliphatic rings. The zero-order chi connectivity index (χ0) is 15.1. The summed E-state index contributed by atoms with van der Waals surface area (Å²) < 4.78 is 4.99. The summed E-state index contributed by atoms with van der Waals surface area (Å²) in [4.78, 5) is 22.5. The number of alkyl carbamates (subject to hydrolysis) is 1. The lowest BCUT2D eigenvalue weighted by Crippen LogP contribution is -2.45. The first-order valence-electron chi connectivity index (χ1n) is 5.40. The molecule has 5 nitrogen and oxygen atoms in total. The van der Waals surface area contributed by atoms with E-state index < -0.39 is 23.7 Å². The van der Waals surface area contributed by atoms with Crippen molar-refractivity contribution >= 4 is 47.0 Å². The van der Waals surface area contributed by atoms with Crippen LogP contribution in [0.2, 0.25) is 0 Å². The third-order valence-corrected chi connectivity index (χ3v) is 3.49. The number of aliphatic carboxylic acids is 1. The van der Waals surface area contributed by atoms with Crippen LogP contribution in [0.3, 0.4) is 0 Å². The maximum Gasteiger partial charge on any atom is 0.408 e. The summed E-state index contributed by atoms with van der Waals surface area (Å²) in [6.07, 6.45) is -0.764. The van der Waals surface area contributed by atoms with Gasteiger partial charge in [-0.25, -0.2) is 9.59 Å². The fourth-order valence-corrected chi connectivity index (χ4v) is 2.19. The highest BCUT2D eigenvalue weighted by molar-refractivity contribution is 7.99. The molecule has 0 saturated heterocycles. The SMILES string of the molecule is CC(C)(C)OC(=O)NC(CSCC(Cl)=CCl)C(=O)O. The van der Waals surface area contributed by atoms with E-state index in [2.05, 4.69) is 5.32 Å². The molecule has 0 saturated carbocycles. The van der Waals surface area contributed by atoms with E-state index in [1.54, 1.807) is 20.8 Å². The van der Waals surface area contributed by atoms with Gasteiger partial charge in [0.1, 0.15) is 11.6 Å². The number of thioether (sulfide) groups is 1. The summed E-state index contributed by atoms with van der Waals surface area (Å²) >= 11 is 12.3. The van der Waals surface area contributed by atoms with E-state index in [9.17, 15) is 9.59 Å². The van der Waals surface area contributed by atoms with Crippen LogP contribution in [0.4, 0.5) is 4.79 Å². The highest BCUT2D eigenvalue weighted by Gasteiger charge is 2.23. The van der Waals surface area contributed by atoms with Crippen molar-refractivity contribution in [2.75, 3.05) is 11.5 Å². The number of rotatable bonds is 6. The fraction of sp³-hybridized carbons (Fsp3) is 0.636. The number of amides is 1. The number of carboxylic acids is 1. The molecule has 0 aromatic carbocycles. The van der Waals surface area contributed by atoms with Crippen LogP contribution < -0.4 is 5.32 Å². The minimum absolute atomic E-state index is 0.162. The second kappa shape index (κ2) is 8.55. The molecule has 0 bridgehead atoms. The van der Waals surface area contributed by atoms with Crippen molar-refractivity contribution in [2.45, 2.75) is 32.4 Å². The Morgan fingerprint density at radius 3 is 2.47 bits per heavy atom. The van der Waals surface area contributed by atoms with Gasteiger partial charge < -0.3 is 15.2 Å². The number of halogens is 2. The summed E-state index contributed by atoms with van der Waals surface area (Å²) in [5.41, 5.74) is 0.538. The highest BCUT2D eigenvalue weighted by Crippen LogP contribution is 2.14. The molecule has 0 aliphatic heterocycles. The van der Waals surface area contributed by atoms with E-state index in [0.717, 1.165) is 0 Å². The molecular weight excluding hydrogens is 313 g/mol. The van der Waals surface area contributed by atoms with Crippen molar-refractivity contribution in [1.82, 2.24) is 5.32 Å². The predicted molar refractivity (Wildman–Crippen MR) is 77.9 cm³/mol. The van der Waals surface area contributed by atoms with Crippen LogP contribution in [0.25, 0.3) is 0 Å². The van der Waals surface area contributed by atoms with Crippen molar-refractivity contribution < 1.29 is 19.4 Å². The number of carbonyl (C=O) groups is 2. The van der Waals surface area contributed by atoms with E-state index in [-0.39, 0.29) is 5.75 Å². The minimum Gasteiger partial charge on any atom is -0.480 e. The number of hydrogen-bond acceptors (Lipinski definition) is 4. The second-order valence-electron chi connectivity index (χ2n) is 4.61. The van der Waals surface area contributed by atoms with E-state index in [4.69, 9.17) is 33.0 Å². The summed E-state index contributed by atoms with van der Waals surface area (Å²) in [5.74, 6) is -0.593. The minimum atomic E-state index is -1.13. The Balaban J connectivity index is 4.27. The molecule has 110 valence electrons. The van der Waals surface area contributed by atoms with E-state index in [1.807, 2.05) is 0 Å². The van der Waals surface area contributed by atoms with Crippen LogP contribution >= 0.6 is 35.0 Å². The maximum absolute atomic E-state index is 11.5. The van der Waals surface area contributed by atoms with Gasteiger partial charge in [-0.05, 0) is 20.8 Å². The van der Waals surface area contributed by atoms with E-state index in [0.29, 0.717) is 10.8 Å². The quantitative estimate of drug-likeness (QED) is 0.783. The molecule has 0 rings (SSSR count). The highest BCUT2D eigenvalue weighted by atomic mass is 35.5. The molecule has 8 heteroatoms. The Morgan fingerprint density at radius 1 is 1.47 bits per heavy atom. The monoisotopic (exact) mass is 329 g/mol. The molecule has 0 aromatic heterocycles. The van der Waals surface area contributed by atoms with Gasteiger partial charge in [0.15, 0.2) is 0 Å². The van der Waals surface area contributed by atoms with Crippen molar-refractivity contribution in [2.24, 2.45) is 0 Å². The van der Waals surface area contributed by atoms with Crippen LogP contribution in [-0.2, 0) is 9.53 Å². The Morgan fingerprint density at radius 2 is 2.05 bits per heavy atom. The van der Waals surface area contributed by atoms with E-state index in [1.165, 1.54) is 17.3 Å². The molecule has 2 N–H and O–H groups in total. The molecule has 0 radical (unpaired) electrons. The van der Waals surface area contributed by atoms with E-state index >= 15 is 0 Å². The molecule has 0 aliphatic carbocycles. The molecule has 19 heavy (non-hydrogen) atoms. The van der Waals surface area contributed by atoms with Gasteiger partial charge in [-0.1, -0.05) is 23.2 Å². The zero-order valence-corrected chi connectivity index (χ0v) is 13.2. The Labute approximate surface area is 126 Å². The third-order valence-electron chi connectivity index (χ3n) is 1.63. The summed E-state index contributed by atoms with van der Waals surface area (Å²) in [5, 5.41) is 11.7. The van der Waals surface area contributed by atoms with Crippen molar-refractivity contribution in [3.05, 3.63) is 10.6 Å². The molecule has 0 spiro atoms. The van der Waals surface area contributed by atoms with Crippen LogP contribution in [0.1, 0.15) is 20.8 Å². The predicted octanol–water partition coefficient (Wildman–Crippen LogP) is 3.02. The largest absolute Gasteiger partial charge is 0.480 e. The molecule has 1 amide bonds. The maximum atomic E-state index is 11.5. The Kier molecular flexibility index (Phi) is 8.29. The Bertz CT molecular complexity index is 355. The fourth-order valence-electron chi connectivity index (χ4n) is 0.930. The molecule has 0 heterocycles. The van der Waals surface area contributed by atoms with Crippen LogP contribution in [0.15, 0.2) is 10.6 Å². The van der Waals surface area contributed by atoms with Gasteiger partial charge in [0.2, 0.25) is 0 Å². The first-order chi connectivity index (χ1) is 8.65. The van der Waals surface area contributed by atoms with Crippen LogP contribution in [0.5, 0.6) is 0 Å². The average molecular weight is 330 g/mol. The molecule has 1 unspecified atom stereocenters. The van der Waals surface area contributed by atoms with Crippen LogP contribution in [-0.4, -0.2) is 40.3 Å². The van der Waals surface area contributed by atoms with Gasteiger partial charge >= 0.3 is 12.1 Å². The second-order valence-corrected chi connectivity index (χ2v) is 6.34. The lowest BCUT2D eigenvalue weighted by Gasteiger charge is -2.21. The summed E-state index contributed by atoms with van der Waals surface area (Å²) in [6.45, 7) is 5.09. The smallest absolute Gasteiger partial charge is 0.408 e. The van der Waals surface area contributed by atoms with Gasteiger partial charge in [0.25, 0.3) is 0 Å². The molecular formula is C11H17Cl2NO4S. The number of ether oxygens (including phenoxy) is 1. The zero-order valence-electron chi connectivity index (χ0n) is 10.9. The molecule has 0 aromatic rings. The average Bonchev–Trinajstić information content (AvgIpc) is 2.24. The summed E-state index contributed by atoms with van der Waals surface area (Å²) in [6, 6.07) is -1.04. The molecule has 1 atom stereocenters. The standard InChI is InChI=1S/C11H17Cl2NO4S/c1-11(2,3)18-10(17)14-8(9(15)16)6-19-5-7(13)4-12/h4,8H,5-6H2,1-3H3,(H,14,17)(H,15,16). The van der Waals surface area contributed by atoms with Gasteiger partial charge in [-0.15, -0.1) is 0 Å². The van der Waals surface area contributed by atoms with Crippen molar-refractivity contribution in [3.63, 3.8) is 0 Å². The number of carbonyl (C=O) groups excluding carboxylic acids is 1. The number of hydrogen-bond donors (Lipinski definition) is 2. The first-order valence-corrected chi connectivity index (χ1v) is 7.37. The van der Waals surface area contributed by atoms with Crippen LogP contribution in [0, 0.1) is 0 Å². The summed E-state index contributed by atoms with van der Waals surface area (Å²) in [7, 11) is 0. The third kappa shape index (κ3) is 9.92. The lowest BCUT2D eigenvalue weighted by molar-refractivity contribution is -0.138. The van der Waals surface area contributed by atoms with Gasteiger partial charge in [-0.3, -0.25) is 0 Å². The normalized spacial score (nSPS) is 13.8. The topological polar surface area (TPSA) is 75.6 Å². The molecule has 0 fully saturated rings. The van der Waals surface area contributed by atoms with Gasteiger partial charge in [0.05, 0.1) is 0 Å². The van der Waals surface area contributed by atoms with Gasteiger partial charge in [0, 0.05) is 22.1 Å². The van der Waals surface area contributed by atoms with Crippen molar-refractivity contribution in [1.29, 1.82) is 0 Å². The van der Waals surface area contributed by atoms with Gasteiger partial charge in [-0.2, -0.15) is 11.8 Å². The lowest BCUT2D eigenvalue weighted by atomic mass is 10.2.